The highest BCUT2D eigenvalue weighted by molar-refractivity contribution is 7.31. The van der Waals surface area contributed by atoms with Gasteiger partial charge in [0.25, 0.3) is 0 Å². The molecule has 1 aliphatic rings. The van der Waals surface area contributed by atoms with Crippen molar-refractivity contribution in [3.05, 3.63) is 34.0 Å². The first kappa shape index (κ1) is 13.0. The Labute approximate surface area is 132 Å². The molecule has 0 saturated carbocycles. The van der Waals surface area contributed by atoms with Crippen LogP contribution in [0.25, 0.3) is 19.5 Å². The monoisotopic (exact) mass is 332 g/mol. The summed E-state index contributed by atoms with van der Waals surface area (Å²) in [6, 6.07) is 9.43. The summed E-state index contributed by atoms with van der Waals surface area (Å²) in [7, 11) is -1.44. The molecule has 0 spiro atoms. The molecule has 0 atom stereocenters. The van der Waals surface area contributed by atoms with Crippen LogP contribution in [0.5, 0.6) is 0 Å². The van der Waals surface area contributed by atoms with Gasteiger partial charge >= 0.3 is 0 Å². The summed E-state index contributed by atoms with van der Waals surface area (Å²) in [6.07, 6.45) is 0. The highest BCUT2D eigenvalue weighted by Crippen LogP contribution is 2.43. The van der Waals surface area contributed by atoms with Crippen LogP contribution < -0.4 is 10.4 Å². The Bertz CT molecular complexity index is 817. The van der Waals surface area contributed by atoms with Crippen molar-refractivity contribution < 1.29 is 0 Å². The fourth-order valence-corrected chi connectivity index (χ4v) is 11.1. The Morgan fingerprint density at radius 3 is 2.15 bits per heavy atom. The summed E-state index contributed by atoms with van der Waals surface area (Å²) in [4.78, 5) is 8.89. The number of thiophene rings is 3. The molecule has 0 radical (unpaired) electrons. The van der Waals surface area contributed by atoms with Crippen LogP contribution in [0.15, 0.2) is 24.3 Å². The van der Waals surface area contributed by atoms with Crippen molar-refractivity contribution in [3.8, 4) is 19.5 Å². The van der Waals surface area contributed by atoms with Crippen LogP contribution in [0.3, 0.4) is 0 Å². The number of aryl methyl sites for hydroxylation is 2. The summed E-state index contributed by atoms with van der Waals surface area (Å²) in [5.74, 6) is 0. The fraction of sp³-hybridized carbons (Fsp3) is 0.250. The molecule has 4 heterocycles. The van der Waals surface area contributed by atoms with Gasteiger partial charge in [-0.05, 0) is 48.5 Å². The van der Waals surface area contributed by atoms with Gasteiger partial charge in [0.05, 0.1) is 0 Å². The second-order valence-corrected chi connectivity index (χ2v) is 13.9. The summed E-state index contributed by atoms with van der Waals surface area (Å²) in [6.45, 7) is 9.43. The average molecular weight is 333 g/mol. The Balaban J connectivity index is 1.93. The Kier molecular flexibility index (Phi) is 2.71. The molecule has 0 aliphatic carbocycles. The lowest BCUT2D eigenvalue weighted by molar-refractivity contribution is 1.64. The molecule has 3 aromatic heterocycles. The Morgan fingerprint density at radius 1 is 0.750 bits per heavy atom. The Morgan fingerprint density at radius 2 is 1.45 bits per heavy atom. The van der Waals surface area contributed by atoms with E-state index >= 15 is 0 Å². The van der Waals surface area contributed by atoms with Crippen molar-refractivity contribution in [2.45, 2.75) is 26.9 Å². The first-order valence-corrected chi connectivity index (χ1v) is 12.2. The van der Waals surface area contributed by atoms with Gasteiger partial charge in [-0.3, -0.25) is 0 Å². The summed E-state index contributed by atoms with van der Waals surface area (Å²) in [5, 5.41) is 3.32. The smallest absolute Gasteiger partial charge is 0.116 e. The second-order valence-electron chi connectivity index (χ2n) is 5.99. The van der Waals surface area contributed by atoms with Gasteiger partial charge in [-0.2, -0.15) is 0 Å². The minimum Gasteiger partial charge on any atom is -0.140 e. The topological polar surface area (TPSA) is 0 Å². The van der Waals surface area contributed by atoms with Gasteiger partial charge in [0, 0.05) is 29.3 Å². The van der Waals surface area contributed by atoms with E-state index in [4.69, 9.17) is 0 Å². The lowest BCUT2D eigenvalue weighted by Crippen LogP contribution is -2.48. The van der Waals surface area contributed by atoms with Crippen LogP contribution in [-0.4, -0.2) is 8.07 Å². The van der Waals surface area contributed by atoms with Crippen molar-refractivity contribution in [3.63, 3.8) is 0 Å². The largest absolute Gasteiger partial charge is 0.140 e. The second kappa shape index (κ2) is 4.16. The molecule has 3 aromatic rings. The summed E-state index contributed by atoms with van der Waals surface area (Å²) in [5.41, 5.74) is 0. The van der Waals surface area contributed by atoms with E-state index < -0.39 is 8.07 Å². The van der Waals surface area contributed by atoms with E-state index in [2.05, 4.69) is 51.2 Å². The zero-order valence-corrected chi connectivity index (χ0v) is 15.5. The van der Waals surface area contributed by atoms with Crippen molar-refractivity contribution in [1.29, 1.82) is 0 Å². The SMILES string of the molecule is Cc1ccc(-c2cc3c(s2)-c2sc(C)cc2[Si]3(C)C)s1. The van der Waals surface area contributed by atoms with Crippen LogP contribution in [0.1, 0.15) is 9.75 Å². The van der Waals surface area contributed by atoms with Crippen molar-refractivity contribution in [1.82, 2.24) is 0 Å². The van der Waals surface area contributed by atoms with Gasteiger partial charge in [-0.15, -0.1) is 34.0 Å². The van der Waals surface area contributed by atoms with E-state index in [9.17, 15) is 0 Å². The van der Waals surface area contributed by atoms with Gasteiger partial charge in [-0.25, -0.2) is 0 Å². The Hall–Kier alpha value is -0.683. The highest BCUT2D eigenvalue weighted by atomic mass is 32.1. The zero-order chi connectivity index (χ0) is 14.1. The third-order valence-corrected chi connectivity index (χ3v) is 11.5. The van der Waals surface area contributed by atoms with Gasteiger partial charge < -0.3 is 0 Å². The van der Waals surface area contributed by atoms with Crippen LogP contribution >= 0.6 is 34.0 Å². The molecule has 0 N–H and O–H groups in total. The highest BCUT2D eigenvalue weighted by Gasteiger charge is 2.40. The van der Waals surface area contributed by atoms with Crippen LogP contribution in [0.4, 0.5) is 0 Å². The number of hydrogen-bond donors (Lipinski definition) is 0. The molecule has 0 saturated heterocycles. The lowest BCUT2D eigenvalue weighted by atomic mass is 10.3. The molecule has 0 nitrogen and oxygen atoms in total. The van der Waals surface area contributed by atoms with E-state index in [-0.39, 0.29) is 0 Å². The molecule has 20 heavy (non-hydrogen) atoms. The molecule has 0 fully saturated rings. The number of fused-ring (bicyclic) bond motifs is 3. The maximum Gasteiger partial charge on any atom is 0.116 e. The lowest BCUT2D eigenvalue weighted by Gasteiger charge is -2.15. The molecular formula is C16H16S3Si. The third kappa shape index (κ3) is 1.68. The normalized spacial score (nSPS) is 15.4. The van der Waals surface area contributed by atoms with Crippen molar-refractivity contribution in [2.75, 3.05) is 0 Å². The van der Waals surface area contributed by atoms with Gasteiger partial charge in [-0.1, -0.05) is 13.1 Å². The van der Waals surface area contributed by atoms with Crippen LogP contribution in [0, 0.1) is 13.8 Å². The minimum absolute atomic E-state index is 1.40. The molecule has 0 bridgehead atoms. The van der Waals surface area contributed by atoms with Gasteiger partial charge in [0.2, 0.25) is 0 Å². The molecule has 0 aromatic carbocycles. The maximum atomic E-state index is 2.50. The predicted octanol–water partition coefficient (Wildman–Crippen LogP) is 4.96. The first-order valence-electron chi connectivity index (χ1n) is 6.79. The van der Waals surface area contributed by atoms with E-state index in [0.29, 0.717) is 0 Å². The van der Waals surface area contributed by atoms with E-state index in [1.165, 1.54) is 19.5 Å². The van der Waals surface area contributed by atoms with Gasteiger partial charge in [0.15, 0.2) is 0 Å². The molecule has 4 rings (SSSR count). The first-order chi connectivity index (χ1) is 9.46. The molecule has 4 heteroatoms. The molecule has 1 aliphatic heterocycles. The molecule has 0 amide bonds. The fourth-order valence-electron chi connectivity index (χ4n) is 3.00. The quantitative estimate of drug-likeness (QED) is 0.553. The van der Waals surface area contributed by atoms with Crippen molar-refractivity contribution in [2.24, 2.45) is 0 Å². The number of rotatable bonds is 1. The van der Waals surface area contributed by atoms with E-state index in [0.717, 1.165) is 0 Å². The number of hydrogen-bond acceptors (Lipinski definition) is 3. The predicted molar refractivity (Wildman–Crippen MR) is 97.2 cm³/mol. The van der Waals surface area contributed by atoms with Gasteiger partial charge in [0.1, 0.15) is 8.07 Å². The zero-order valence-electron chi connectivity index (χ0n) is 12.0. The van der Waals surface area contributed by atoms with Crippen molar-refractivity contribution >= 4 is 52.5 Å². The third-order valence-electron chi connectivity index (χ3n) is 4.12. The van der Waals surface area contributed by atoms with Crippen LogP contribution in [0.2, 0.25) is 13.1 Å². The molecule has 102 valence electrons. The maximum absolute atomic E-state index is 2.50. The average Bonchev–Trinajstić information content (AvgIpc) is 3.06. The van der Waals surface area contributed by atoms with E-state index in [1.54, 1.807) is 20.1 Å². The minimum atomic E-state index is -1.44. The van der Waals surface area contributed by atoms with E-state index in [1.807, 2.05) is 34.0 Å². The molecular weight excluding hydrogens is 316 g/mol. The standard InChI is InChI=1S/C16H16S3Si/c1-9-5-6-11(17-9)12-8-14-16(19-12)15-13(20(14,3)4)7-10(2)18-15/h5-8H,1-4H3. The summed E-state index contributed by atoms with van der Waals surface area (Å²) < 4.78 is 0. The molecule has 0 unspecified atom stereocenters. The summed E-state index contributed by atoms with van der Waals surface area (Å²) >= 11 is 5.90. The van der Waals surface area contributed by atoms with Crippen LogP contribution in [-0.2, 0) is 0 Å².